The van der Waals surface area contributed by atoms with Crippen molar-refractivity contribution in [3.05, 3.63) is 5.82 Å². The van der Waals surface area contributed by atoms with E-state index in [4.69, 9.17) is 34.8 Å². The number of anilines is 1. The molecule has 0 radical (unpaired) electrons. The molecule has 80 valence electrons. The molecule has 1 aromatic rings. The first-order valence-electron chi connectivity index (χ1n) is 4.14. The van der Waals surface area contributed by atoms with Crippen LogP contribution in [0.2, 0.25) is 0 Å². The number of alkyl halides is 3. The van der Waals surface area contributed by atoms with Crippen molar-refractivity contribution in [2.24, 2.45) is 0 Å². The molecule has 14 heavy (non-hydrogen) atoms. The third kappa shape index (κ3) is 2.86. The first-order valence-corrected chi connectivity index (χ1v) is 6.05. The standard InChI is InChI=1S/C7H10Cl3N3S/c1-3-13(4-2)6-11-5(12-14-6)7(8,9)10/h3-4H2,1-2H3. The second-order valence-corrected chi connectivity index (χ2v) is 5.58. The average Bonchev–Trinajstić information content (AvgIpc) is 2.54. The molecule has 0 saturated heterocycles. The zero-order valence-corrected chi connectivity index (χ0v) is 10.9. The summed E-state index contributed by atoms with van der Waals surface area (Å²) in [5, 5.41) is 0.788. The van der Waals surface area contributed by atoms with Gasteiger partial charge in [0.25, 0.3) is 3.79 Å². The molecule has 0 aliphatic carbocycles. The van der Waals surface area contributed by atoms with E-state index >= 15 is 0 Å². The maximum absolute atomic E-state index is 5.66. The summed E-state index contributed by atoms with van der Waals surface area (Å²) in [6.45, 7) is 5.82. The number of nitrogens with zero attached hydrogens (tertiary/aromatic N) is 3. The van der Waals surface area contributed by atoms with Gasteiger partial charge in [-0.05, 0) is 13.8 Å². The smallest absolute Gasteiger partial charge is 0.251 e. The summed E-state index contributed by atoms with van der Waals surface area (Å²) < 4.78 is 2.47. The predicted molar refractivity (Wildman–Crippen MR) is 62.7 cm³/mol. The second-order valence-electron chi connectivity index (χ2n) is 2.57. The van der Waals surface area contributed by atoms with Gasteiger partial charge >= 0.3 is 0 Å². The minimum atomic E-state index is -1.53. The molecule has 3 nitrogen and oxygen atoms in total. The topological polar surface area (TPSA) is 29.0 Å². The second kappa shape index (κ2) is 4.84. The minimum Gasteiger partial charge on any atom is -0.347 e. The highest BCUT2D eigenvalue weighted by Gasteiger charge is 2.28. The largest absolute Gasteiger partial charge is 0.347 e. The Labute approximate surface area is 102 Å². The van der Waals surface area contributed by atoms with Gasteiger partial charge in [0.05, 0.1) is 0 Å². The van der Waals surface area contributed by atoms with Gasteiger partial charge in [0.2, 0.25) is 5.13 Å². The molecule has 0 N–H and O–H groups in total. The van der Waals surface area contributed by atoms with E-state index in [1.54, 1.807) is 0 Å². The Morgan fingerprint density at radius 2 is 1.86 bits per heavy atom. The van der Waals surface area contributed by atoms with Gasteiger partial charge in [0.15, 0.2) is 5.82 Å². The van der Waals surface area contributed by atoms with E-state index in [0.29, 0.717) is 0 Å². The molecule has 0 fully saturated rings. The lowest BCUT2D eigenvalue weighted by molar-refractivity contribution is 0.853. The lowest BCUT2D eigenvalue weighted by Gasteiger charge is -2.15. The first-order chi connectivity index (χ1) is 6.49. The predicted octanol–water partition coefficient (Wildman–Crippen LogP) is 3.21. The number of hydrogen-bond acceptors (Lipinski definition) is 4. The number of rotatable bonds is 3. The van der Waals surface area contributed by atoms with Crippen molar-refractivity contribution in [3.8, 4) is 0 Å². The molecule has 1 aromatic heterocycles. The van der Waals surface area contributed by atoms with Crippen molar-refractivity contribution in [3.63, 3.8) is 0 Å². The van der Waals surface area contributed by atoms with Gasteiger partial charge in [-0.25, -0.2) is 0 Å². The number of aromatic nitrogens is 2. The van der Waals surface area contributed by atoms with Crippen LogP contribution in [0.1, 0.15) is 19.7 Å². The van der Waals surface area contributed by atoms with Crippen LogP contribution in [-0.2, 0) is 3.79 Å². The first kappa shape index (κ1) is 12.3. The van der Waals surface area contributed by atoms with Crippen LogP contribution in [-0.4, -0.2) is 22.4 Å². The van der Waals surface area contributed by atoms with Gasteiger partial charge in [0, 0.05) is 24.6 Å². The van der Waals surface area contributed by atoms with E-state index in [1.807, 2.05) is 13.8 Å². The maximum Gasteiger partial charge on any atom is 0.251 e. The Bertz CT molecular complexity index is 293. The van der Waals surface area contributed by atoms with Gasteiger partial charge in [-0.2, -0.15) is 9.36 Å². The molecule has 0 saturated carbocycles. The number of halogens is 3. The van der Waals surface area contributed by atoms with Crippen molar-refractivity contribution in [2.45, 2.75) is 17.6 Å². The molecule has 0 aliphatic heterocycles. The fourth-order valence-corrected chi connectivity index (χ4v) is 2.20. The molecule has 7 heteroatoms. The van der Waals surface area contributed by atoms with Gasteiger partial charge < -0.3 is 4.90 Å². The molecule has 0 amide bonds. The molecule has 0 unspecified atom stereocenters. The lowest BCUT2D eigenvalue weighted by Crippen LogP contribution is -2.21. The lowest BCUT2D eigenvalue weighted by atomic mass is 10.6. The average molecular weight is 275 g/mol. The molecule has 0 atom stereocenters. The Morgan fingerprint density at radius 1 is 1.29 bits per heavy atom. The molecule has 0 aliphatic rings. The van der Waals surface area contributed by atoms with Gasteiger partial charge in [-0.1, -0.05) is 34.8 Å². The van der Waals surface area contributed by atoms with E-state index in [9.17, 15) is 0 Å². The van der Waals surface area contributed by atoms with Crippen LogP contribution in [0.5, 0.6) is 0 Å². The summed E-state index contributed by atoms with van der Waals surface area (Å²) in [6.07, 6.45) is 0. The molecular formula is C7H10Cl3N3S. The van der Waals surface area contributed by atoms with E-state index in [-0.39, 0.29) is 5.82 Å². The van der Waals surface area contributed by atoms with Crippen molar-refractivity contribution in [1.82, 2.24) is 9.36 Å². The third-order valence-electron chi connectivity index (χ3n) is 1.70. The van der Waals surface area contributed by atoms with E-state index < -0.39 is 3.79 Å². The molecule has 0 aromatic carbocycles. The van der Waals surface area contributed by atoms with Crippen molar-refractivity contribution < 1.29 is 0 Å². The van der Waals surface area contributed by atoms with Gasteiger partial charge in [-0.3, -0.25) is 0 Å². The summed E-state index contributed by atoms with van der Waals surface area (Å²) in [5.41, 5.74) is 0. The fraction of sp³-hybridized carbons (Fsp3) is 0.714. The SMILES string of the molecule is CCN(CC)c1nc(C(Cl)(Cl)Cl)ns1. The van der Waals surface area contributed by atoms with Crippen LogP contribution in [0.15, 0.2) is 0 Å². The van der Waals surface area contributed by atoms with Gasteiger partial charge in [0.1, 0.15) is 0 Å². The van der Waals surface area contributed by atoms with Crippen molar-refractivity contribution in [1.29, 1.82) is 0 Å². The summed E-state index contributed by atoms with van der Waals surface area (Å²) in [4.78, 5) is 6.21. The molecule has 0 spiro atoms. The van der Waals surface area contributed by atoms with Crippen LogP contribution < -0.4 is 4.90 Å². The van der Waals surface area contributed by atoms with Crippen LogP contribution in [0.25, 0.3) is 0 Å². The van der Waals surface area contributed by atoms with Crippen LogP contribution >= 0.6 is 46.3 Å². The van der Waals surface area contributed by atoms with Crippen LogP contribution in [0.4, 0.5) is 5.13 Å². The zero-order chi connectivity index (χ0) is 10.8. The highest BCUT2D eigenvalue weighted by atomic mass is 35.6. The summed E-state index contributed by atoms with van der Waals surface area (Å²) in [5.74, 6) is 0.245. The van der Waals surface area contributed by atoms with Crippen LogP contribution in [0, 0.1) is 0 Å². The summed E-state index contributed by atoms with van der Waals surface area (Å²) in [7, 11) is 0. The Hall–Kier alpha value is 0.230. The van der Waals surface area contributed by atoms with E-state index in [0.717, 1.165) is 18.2 Å². The van der Waals surface area contributed by atoms with Crippen molar-refractivity contribution in [2.75, 3.05) is 18.0 Å². The minimum absolute atomic E-state index is 0.245. The van der Waals surface area contributed by atoms with Crippen LogP contribution in [0.3, 0.4) is 0 Å². The Morgan fingerprint density at radius 3 is 2.21 bits per heavy atom. The van der Waals surface area contributed by atoms with Crippen molar-refractivity contribution >= 4 is 51.5 Å². The van der Waals surface area contributed by atoms with E-state index in [2.05, 4.69) is 14.3 Å². The number of hydrogen-bond donors (Lipinski definition) is 0. The highest BCUT2D eigenvalue weighted by molar-refractivity contribution is 7.09. The fourth-order valence-electron chi connectivity index (χ4n) is 0.953. The maximum atomic E-state index is 5.66. The van der Waals surface area contributed by atoms with E-state index in [1.165, 1.54) is 11.5 Å². The quantitative estimate of drug-likeness (QED) is 0.793. The molecule has 0 bridgehead atoms. The summed E-state index contributed by atoms with van der Waals surface area (Å²) >= 11 is 18.2. The molecular weight excluding hydrogens is 265 g/mol. The normalized spacial score (nSPS) is 11.8. The monoisotopic (exact) mass is 273 g/mol. The van der Waals surface area contributed by atoms with Gasteiger partial charge in [-0.15, -0.1) is 0 Å². The zero-order valence-electron chi connectivity index (χ0n) is 7.80. The highest BCUT2D eigenvalue weighted by Crippen LogP contribution is 2.37. The molecule has 1 rings (SSSR count). The third-order valence-corrected chi connectivity index (χ3v) is 2.99. The Kier molecular flexibility index (Phi) is 4.25. The Balaban J connectivity index is 2.87. The molecule has 1 heterocycles. The summed E-state index contributed by atoms with van der Waals surface area (Å²) in [6, 6.07) is 0.